The molecule has 116 valence electrons. The molecule has 1 N–H and O–H groups in total. The van der Waals surface area contributed by atoms with E-state index in [0.29, 0.717) is 11.6 Å². The highest BCUT2D eigenvalue weighted by Gasteiger charge is 2.33. The average Bonchev–Trinajstić information content (AvgIpc) is 2.74. The zero-order chi connectivity index (χ0) is 15.3. The van der Waals surface area contributed by atoms with Crippen LogP contribution in [0.25, 0.3) is 0 Å². The Morgan fingerprint density at radius 1 is 1.45 bits per heavy atom. The van der Waals surface area contributed by atoms with E-state index in [-0.39, 0.29) is 19.3 Å². The number of halogens is 3. The Morgan fingerprint density at radius 2 is 2.10 bits per heavy atom. The maximum atomic E-state index is 12.4. The summed E-state index contributed by atoms with van der Waals surface area (Å²) in [6, 6.07) is 0. The van der Waals surface area contributed by atoms with Crippen molar-refractivity contribution >= 4 is 11.3 Å². The third-order valence-corrected chi connectivity index (χ3v) is 3.23. The Bertz CT molecular complexity index is 410. The number of alkyl halides is 3. The number of aromatic nitrogens is 1. The molecule has 1 aromatic heterocycles. The van der Waals surface area contributed by atoms with Crippen LogP contribution in [0.2, 0.25) is 0 Å². The van der Waals surface area contributed by atoms with Crippen LogP contribution in [0.5, 0.6) is 0 Å². The monoisotopic (exact) mass is 312 g/mol. The largest absolute Gasteiger partial charge is 0.434 e. The summed E-state index contributed by atoms with van der Waals surface area (Å²) in [7, 11) is 1.72. The molecule has 1 heterocycles. The number of thiazole rings is 1. The predicted molar refractivity (Wildman–Crippen MR) is 70.5 cm³/mol. The van der Waals surface area contributed by atoms with Crippen LogP contribution in [0, 0.1) is 0 Å². The van der Waals surface area contributed by atoms with Gasteiger partial charge < -0.3 is 9.84 Å². The van der Waals surface area contributed by atoms with Gasteiger partial charge in [0.05, 0.1) is 25.4 Å². The van der Waals surface area contributed by atoms with Gasteiger partial charge in [0.2, 0.25) is 0 Å². The van der Waals surface area contributed by atoms with E-state index in [1.54, 1.807) is 11.9 Å². The minimum absolute atomic E-state index is 0.0308. The highest BCUT2D eigenvalue weighted by atomic mass is 32.1. The third kappa shape index (κ3) is 6.17. The second-order valence-corrected chi connectivity index (χ2v) is 5.80. The Morgan fingerprint density at radius 3 is 2.60 bits per heavy atom. The standard InChI is InChI=1S/C12H19F3N2O2S/c1-8(2)19-6-9(18)4-17(3)5-11-16-10(7-20-11)12(13,14)15/h7-9,18H,4-6H2,1-3H3. The maximum Gasteiger partial charge on any atom is 0.434 e. The van der Waals surface area contributed by atoms with Gasteiger partial charge in [0, 0.05) is 11.9 Å². The van der Waals surface area contributed by atoms with Gasteiger partial charge in [-0.3, -0.25) is 4.90 Å². The fourth-order valence-electron chi connectivity index (χ4n) is 1.53. The molecule has 0 radical (unpaired) electrons. The van der Waals surface area contributed by atoms with Crippen LogP contribution in [0.4, 0.5) is 13.2 Å². The van der Waals surface area contributed by atoms with Crippen molar-refractivity contribution in [3.8, 4) is 0 Å². The first kappa shape index (κ1) is 17.4. The summed E-state index contributed by atoms with van der Waals surface area (Å²) in [5.74, 6) is 0. The van der Waals surface area contributed by atoms with Crippen molar-refractivity contribution in [1.82, 2.24) is 9.88 Å². The number of hydrogen-bond acceptors (Lipinski definition) is 5. The molecule has 1 aromatic rings. The minimum Gasteiger partial charge on any atom is -0.389 e. The lowest BCUT2D eigenvalue weighted by Gasteiger charge is -2.20. The van der Waals surface area contributed by atoms with Crippen LogP contribution in [0.1, 0.15) is 24.5 Å². The fraction of sp³-hybridized carbons (Fsp3) is 0.750. The van der Waals surface area contributed by atoms with Crippen LogP contribution < -0.4 is 0 Å². The summed E-state index contributed by atoms with van der Waals surface area (Å²) in [5, 5.41) is 11.1. The zero-order valence-corrected chi connectivity index (χ0v) is 12.5. The first-order valence-electron chi connectivity index (χ1n) is 6.18. The van der Waals surface area contributed by atoms with Crippen molar-refractivity contribution in [2.45, 2.75) is 38.8 Å². The number of ether oxygens (including phenoxy) is 1. The molecule has 0 saturated heterocycles. The van der Waals surface area contributed by atoms with Gasteiger partial charge in [-0.25, -0.2) is 4.98 Å². The Balaban J connectivity index is 2.42. The molecule has 0 bridgehead atoms. The first-order valence-corrected chi connectivity index (χ1v) is 7.06. The van der Waals surface area contributed by atoms with E-state index in [1.807, 2.05) is 13.8 Å². The molecule has 0 aromatic carbocycles. The van der Waals surface area contributed by atoms with E-state index in [9.17, 15) is 18.3 Å². The van der Waals surface area contributed by atoms with E-state index in [2.05, 4.69) is 4.98 Å². The number of aliphatic hydroxyl groups is 1. The summed E-state index contributed by atoms with van der Waals surface area (Å²) in [4.78, 5) is 5.26. The number of aliphatic hydroxyl groups excluding tert-OH is 1. The van der Waals surface area contributed by atoms with Crippen LogP contribution in [0.15, 0.2) is 5.38 Å². The maximum absolute atomic E-state index is 12.4. The van der Waals surface area contributed by atoms with Crippen LogP contribution >= 0.6 is 11.3 Å². The number of hydrogen-bond donors (Lipinski definition) is 1. The smallest absolute Gasteiger partial charge is 0.389 e. The highest BCUT2D eigenvalue weighted by Crippen LogP contribution is 2.30. The summed E-state index contributed by atoms with van der Waals surface area (Å²) < 4.78 is 42.5. The lowest BCUT2D eigenvalue weighted by atomic mass is 10.3. The summed E-state index contributed by atoms with van der Waals surface area (Å²) in [6.45, 7) is 4.51. The lowest BCUT2D eigenvalue weighted by Crippen LogP contribution is -2.32. The van der Waals surface area contributed by atoms with Crippen molar-refractivity contribution < 1.29 is 23.0 Å². The van der Waals surface area contributed by atoms with Gasteiger partial charge in [0.1, 0.15) is 5.01 Å². The van der Waals surface area contributed by atoms with E-state index in [1.165, 1.54) is 0 Å². The molecule has 1 atom stereocenters. The molecule has 1 rings (SSSR count). The van der Waals surface area contributed by atoms with Gasteiger partial charge >= 0.3 is 6.18 Å². The van der Waals surface area contributed by atoms with Crippen molar-refractivity contribution in [2.24, 2.45) is 0 Å². The normalized spacial score (nSPS) is 14.2. The van der Waals surface area contributed by atoms with Gasteiger partial charge in [-0.05, 0) is 20.9 Å². The van der Waals surface area contributed by atoms with Crippen LogP contribution in [0.3, 0.4) is 0 Å². The van der Waals surface area contributed by atoms with Crippen molar-refractivity contribution in [3.05, 3.63) is 16.1 Å². The van der Waals surface area contributed by atoms with Gasteiger partial charge in [0.15, 0.2) is 5.69 Å². The van der Waals surface area contributed by atoms with Crippen LogP contribution in [-0.2, 0) is 17.5 Å². The molecule has 4 nitrogen and oxygen atoms in total. The van der Waals surface area contributed by atoms with E-state index >= 15 is 0 Å². The lowest BCUT2D eigenvalue weighted by molar-refractivity contribution is -0.140. The first-order chi connectivity index (χ1) is 9.18. The molecule has 1 unspecified atom stereocenters. The molecule has 8 heteroatoms. The summed E-state index contributed by atoms with van der Waals surface area (Å²) >= 11 is 0.964. The SMILES string of the molecule is CC(C)OCC(O)CN(C)Cc1nc(C(F)(F)F)cs1. The topological polar surface area (TPSA) is 45.6 Å². The molecule has 20 heavy (non-hydrogen) atoms. The van der Waals surface area contributed by atoms with Gasteiger partial charge in [-0.15, -0.1) is 11.3 Å². The van der Waals surface area contributed by atoms with Crippen LogP contribution in [-0.4, -0.2) is 47.4 Å². The van der Waals surface area contributed by atoms with Gasteiger partial charge in [-0.2, -0.15) is 13.2 Å². The van der Waals surface area contributed by atoms with Gasteiger partial charge in [0.25, 0.3) is 0 Å². The molecule has 0 saturated carbocycles. The molecular formula is C12H19F3N2O2S. The summed E-state index contributed by atoms with van der Waals surface area (Å²) in [6.07, 6.45) is -5.05. The number of rotatable bonds is 7. The Hall–Kier alpha value is -0.700. The molecule has 0 aliphatic heterocycles. The average molecular weight is 312 g/mol. The zero-order valence-electron chi connectivity index (χ0n) is 11.6. The minimum atomic E-state index is -4.40. The Kier molecular flexibility index (Phi) is 6.38. The predicted octanol–water partition coefficient (Wildman–Crippen LogP) is 2.38. The van der Waals surface area contributed by atoms with Gasteiger partial charge in [-0.1, -0.05) is 0 Å². The van der Waals surface area contributed by atoms with Crippen molar-refractivity contribution in [1.29, 1.82) is 0 Å². The highest BCUT2D eigenvalue weighted by molar-refractivity contribution is 7.09. The Labute approximate surface area is 120 Å². The second kappa shape index (κ2) is 7.35. The molecule has 0 amide bonds. The molecule has 0 aliphatic carbocycles. The fourth-order valence-corrected chi connectivity index (χ4v) is 2.41. The van der Waals surface area contributed by atoms with E-state index in [0.717, 1.165) is 16.7 Å². The number of likely N-dealkylation sites (N-methyl/N-ethyl adjacent to an activating group) is 1. The number of nitrogens with zero attached hydrogens (tertiary/aromatic N) is 2. The van der Waals surface area contributed by atoms with Crippen molar-refractivity contribution in [2.75, 3.05) is 20.2 Å². The second-order valence-electron chi connectivity index (χ2n) is 4.86. The van der Waals surface area contributed by atoms with E-state index in [4.69, 9.17) is 4.74 Å². The summed E-state index contributed by atoms with van der Waals surface area (Å²) in [5.41, 5.74) is -0.866. The molecule has 0 aliphatic rings. The van der Waals surface area contributed by atoms with E-state index < -0.39 is 18.0 Å². The quantitative estimate of drug-likeness (QED) is 0.840. The van der Waals surface area contributed by atoms with Crippen molar-refractivity contribution in [3.63, 3.8) is 0 Å². The third-order valence-electron chi connectivity index (χ3n) is 2.39. The molecular weight excluding hydrogens is 293 g/mol. The molecule has 0 spiro atoms. The molecule has 0 fully saturated rings.